The normalized spacial score (nSPS) is 10.7. The summed E-state index contributed by atoms with van der Waals surface area (Å²) >= 11 is 0. The topological polar surface area (TPSA) is 73.0 Å². The Balaban J connectivity index is 1.45. The fraction of sp³-hybridized carbons (Fsp3) is 0.0952. The molecule has 0 fully saturated rings. The molecular weight excluding hydrogens is 340 g/mol. The number of hydrogen-bond donors (Lipinski definition) is 1. The third kappa shape index (κ3) is 3.50. The minimum absolute atomic E-state index is 0.281. The van der Waals surface area contributed by atoms with Crippen molar-refractivity contribution in [3.63, 3.8) is 0 Å². The lowest BCUT2D eigenvalue weighted by Gasteiger charge is -2.04. The van der Waals surface area contributed by atoms with E-state index in [9.17, 15) is 4.79 Å². The summed E-state index contributed by atoms with van der Waals surface area (Å²) in [5.74, 6) is 1.16. The van der Waals surface area contributed by atoms with Crippen molar-refractivity contribution in [2.75, 3.05) is 0 Å². The van der Waals surface area contributed by atoms with Gasteiger partial charge in [0.25, 0.3) is 5.91 Å². The first kappa shape index (κ1) is 16.8. The van der Waals surface area contributed by atoms with E-state index >= 15 is 0 Å². The highest BCUT2D eigenvalue weighted by Gasteiger charge is 2.17. The summed E-state index contributed by atoms with van der Waals surface area (Å²) in [7, 11) is 0. The number of nitrogens with zero attached hydrogens (tertiary/aromatic N) is 3. The minimum atomic E-state index is -0.285. The first-order valence-electron chi connectivity index (χ1n) is 8.62. The fourth-order valence-corrected chi connectivity index (χ4v) is 2.84. The van der Waals surface area contributed by atoms with Crippen LogP contribution in [0.25, 0.3) is 17.0 Å². The Kier molecular flexibility index (Phi) is 4.53. The Morgan fingerprint density at radius 2 is 1.70 bits per heavy atom. The number of nitrogens with one attached hydrogen (secondary N) is 1. The molecule has 0 aliphatic heterocycles. The highest BCUT2D eigenvalue weighted by atomic mass is 16.3. The lowest BCUT2D eigenvalue weighted by atomic mass is 10.2. The molecule has 0 aliphatic rings. The largest absolute Gasteiger partial charge is 0.459 e. The summed E-state index contributed by atoms with van der Waals surface area (Å²) in [6, 6.07) is 23.2. The van der Waals surface area contributed by atoms with Gasteiger partial charge in [-0.3, -0.25) is 4.79 Å². The molecule has 4 aromatic rings. The number of carbonyl (C=O) groups excluding carboxylic acids is 1. The third-order valence-corrected chi connectivity index (χ3v) is 4.25. The van der Waals surface area contributed by atoms with Gasteiger partial charge in [0.1, 0.15) is 11.5 Å². The van der Waals surface area contributed by atoms with Gasteiger partial charge in [0.05, 0.1) is 17.9 Å². The molecule has 0 saturated heterocycles. The first-order valence-corrected chi connectivity index (χ1v) is 8.62. The zero-order chi connectivity index (χ0) is 18.6. The second-order valence-electron chi connectivity index (χ2n) is 6.09. The van der Waals surface area contributed by atoms with Crippen LogP contribution in [-0.4, -0.2) is 20.9 Å². The van der Waals surface area contributed by atoms with Crippen molar-refractivity contribution in [3.8, 4) is 17.0 Å². The van der Waals surface area contributed by atoms with Gasteiger partial charge in [-0.1, -0.05) is 53.7 Å². The summed E-state index contributed by atoms with van der Waals surface area (Å²) in [6.07, 6.45) is 0. The second-order valence-corrected chi connectivity index (χ2v) is 6.09. The monoisotopic (exact) mass is 358 g/mol. The molecule has 6 nitrogen and oxygen atoms in total. The van der Waals surface area contributed by atoms with Crippen LogP contribution < -0.4 is 5.32 Å². The van der Waals surface area contributed by atoms with E-state index in [1.807, 2.05) is 79.7 Å². The number of hydrogen-bond acceptors (Lipinski definition) is 4. The van der Waals surface area contributed by atoms with E-state index in [4.69, 9.17) is 4.42 Å². The van der Waals surface area contributed by atoms with Crippen LogP contribution in [-0.2, 0) is 6.54 Å². The number of rotatable bonds is 5. The molecule has 0 saturated carbocycles. The van der Waals surface area contributed by atoms with E-state index in [-0.39, 0.29) is 12.5 Å². The zero-order valence-electron chi connectivity index (χ0n) is 14.8. The number of benzene rings is 2. The molecule has 0 atom stereocenters. The van der Waals surface area contributed by atoms with Gasteiger partial charge >= 0.3 is 0 Å². The van der Waals surface area contributed by atoms with Crippen LogP contribution in [0.4, 0.5) is 0 Å². The van der Waals surface area contributed by atoms with Crippen LogP contribution in [0.5, 0.6) is 0 Å². The van der Waals surface area contributed by atoms with E-state index in [0.29, 0.717) is 17.1 Å². The number of para-hydroxylation sites is 1. The number of furan rings is 1. The van der Waals surface area contributed by atoms with E-state index in [1.165, 1.54) is 0 Å². The molecule has 0 radical (unpaired) electrons. The quantitative estimate of drug-likeness (QED) is 0.589. The predicted molar refractivity (Wildman–Crippen MR) is 101 cm³/mol. The van der Waals surface area contributed by atoms with E-state index in [0.717, 1.165) is 17.0 Å². The van der Waals surface area contributed by atoms with Crippen molar-refractivity contribution < 1.29 is 9.21 Å². The summed E-state index contributed by atoms with van der Waals surface area (Å²) in [5, 5.41) is 11.0. The van der Waals surface area contributed by atoms with Crippen molar-refractivity contribution in [3.05, 3.63) is 89.9 Å². The molecule has 0 aliphatic carbocycles. The standard InChI is InChI=1S/C21H18N4O2/c1-15-20(23-24-25(15)17-10-6-3-7-11-17)21(26)22-14-18-12-13-19(27-18)16-8-4-2-5-9-16/h2-13H,14H2,1H3,(H,22,26). The molecule has 0 unspecified atom stereocenters. The molecule has 4 rings (SSSR count). The summed E-state index contributed by atoms with van der Waals surface area (Å²) in [6.45, 7) is 2.10. The highest BCUT2D eigenvalue weighted by Crippen LogP contribution is 2.21. The number of amides is 1. The van der Waals surface area contributed by atoms with Crippen LogP contribution in [0.15, 0.2) is 77.2 Å². The van der Waals surface area contributed by atoms with Gasteiger partial charge < -0.3 is 9.73 Å². The SMILES string of the molecule is Cc1c(C(=O)NCc2ccc(-c3ccccc3)o2)nnn1-c1ccccc1. The van der Waals surface area contributed by atoms with Crippen molar-refractivity contribution in [1.29, 1.82) is 0 Å². The van der Waals surface area contributed by atoms with Crippen LogP contribution in [0.3, 0.4) is 0 Å². The van der Waals surface area contributed by atoms with E-state index < -0.39 is 0 Å². The Hall–Kier alpha value is -3.67. The number of carbonyl (C=O) groups is 1. The second kappa shape index (κ2) is 7.29. The molecule has 134 valence electrons. The Labute approximate surface area is 156 Å². The van der Waals surface area contributed by atoms with Crippen molar-refractivity contribution >= 4 is 5.91 Å². The van der Waals surface area contributed by atoms with Crippen molar-refractivity contribution in [1.82, 2.24) is 20.3 Å². The molecule has 2 aromatic carbocycles. The lowest BCUT2D eigenvalue weighted by molar-refractivity contribution is 0.0942. The minimum Gasteiger partial charge on any atom is -0.459 e. The fourth-order valence-electron chi connectivity index (χ4n) is 2.84. The van der Waals surface area contributed by atoms with E-state index in [2.05, 4.69) is 15.6 Å². The molecule has 6 heteroatoms. The zero-order valence-corrected chi connectivity index (χ0v) is 14.8. The molecule has 0 bridgehead atoms. The highest BCUT2D eigenvalue weighted by molar-refractivity contribution is 5.93. The van der Waals surface area contributed by atoms with Gasteiger partial charge in [0.2, 0.25) is 0 Å². The van der Waals surface area contributed by atoms with Crippen molar-refractivity contribution in [2.24, 2.45) is 0 Å². The van der Waals surface area contributed by atoms with Gasteiger partial charge in [-0.25, -0.2) is 4.68 Å². The van der Waals surface area contributed by atoms with Gasteiger partial charge in [0.15, 0.2) is 5.69 Å². The molecule has 27 heavy (non-hydrogen) atoms. The smallest absolute Gasteiger partial charge is 0.274 e. The first-order chi connectivity index (χ1) is 13.2. The van der Waals surface area contributed by atoms with Crippen molar-refractivity contribution in [2.45, 2.75) is 13.5 Å². The van der Waals surface area contributed by atoms with Crippen LogP contribution in [0.2, 0.25) is 0 Å². The molecule has 1 N–H and O–H groups in total. The molecular formula is C21H18N4O2. The lowest BCUT2D eigenvalue weighted by Crippen LogP contribution is -2.23. The average molecular weight is 358 g/mol. The Bertz CT molecular complexity index is 1050. The van der Waals surface area contributed by atoms with E-state index in [1.54, 1.807) is 4.68 Å². The Morgan fingerprint density at radius 1 is 1.00 bits per heavy atom. The van der Waals surface area contributed by atoms with Gasteiger partial charge in [-0.2, -0.15) is 0 Å². The maximum Gasteiger partial charge on any atom is 0.274 e. The maximum atomic E-state index is 12.5. The summed E-state index contributed by atoms with van der Waals surface area (Å²) in [4.78, 5) is 12.5. The maximum absolute atomic E-state index is 12.5. The third-order valence-electron chi connectivity index (χ3n) is 4.25. The Morgan fingerprint density at radius 3 is 2.44 bits per heavy atom. The molecule has 1 amide bonds. The average Bonchev–Trinajstić information content (AvgIpc) is 3.34. The predicted octanol–water partition coefficient (Wildman–Crippen LogP) is 3.77. The van der Waals surface area contributed by atoms with Gasteiger partial charge in [0, 0.05) is 5.56 Å². The van der Waals surface area contributed by atoms with Crippen LogP contribution >= 0.6 is 0 Å². The summed E-state index contributed by atoms with van der Waals surface area (Å²) < 4.78 is 7.45. The van der Waals surface area contributed by atoms with Gasteiger partial charge in [-0.15, -0.1) is 5.10 Å². The molecule has 2 heterocycles. The van der Waals surface area contributed by atoms with Crippen LogP contribution in [0.1, 0.15) is 21.9 Å². The molecule has 0 spiro atoms. The molecule has 2 aromatic heterocycles. The van der Waals surface area contributed by atoms with Crippen LogP contribution in [0, 0.1) is 6.92 Å². The van der Waals surface area contributed by atoms with Gasteiger partial charge in [-0.05, 0) is 31.2 Å². The summed E-state index contributed by atoms with van der Waals surface area (Å²) in [5.41, 5.74) is 2.84. The number of aromatic nitrogens is 3.